The molecule has 3 aromatic rings. The van der Waals surface area contributed by atoms with Crippen LogP contribution in [-0.2, 0) is 4.79 Å². The molecule has 2 N–H and O–H groups in total. The minimum atomic E-state index is 0.0548. The van der Waals surface area contributed by atoms with Crippen molar-refractivity contribution in [2.75, 3.05) is 18.8 Å². The number of ether oxygens (including phenoxy) is 1. The highest BCUT2D eigenvalue weighted by Gasteiger charge is 2.27. The summed E-state index contributed by atoms with van der Waals surface area (Å²) in [5.74, 6) is 2.17. The number of fused-ring (bicyclic) bond motifs is 1. The van der Waals surface area contributed by atoms with Gasteiger partial charge in [0, 0.05) is 25.1 Å². The van der Waals surface area contributed by atoms with Gasteiger partial charge in [0.15, 0.2) is 5.65 Å². The third-order valence-corrected chi connectivity index (χ3v) is 6.83. The Morgan fingerprint density at radius 1 is 1.11 bits per heavy atom. The van der Waals surface area contributed by atoms with Gasteiger partial charge in [-0.05, 0) is 63.5 Å². The average molecular weight is 497 g/mol. The number of anilines is 1. The van der Waals surface area contributed by atoms with Gasteiger partial charge in [-0.15, -0.1) is 0 Å². The number of nitrogens with two attached hydrogens (primary N) is 1. The molecule has 1 aromatic carbocycles. The van der Waals surface area contributed by atoms with Gasteiger partial charge >= 0.3 is 0 Å². The smallest absolute Gasteiger partial charge is 0.246 e. The maximum atomic E-state index is 12.3. The van der Waals surface area contributed by atoms with Crippen LogP contribution in [0, 0.1) is 0 Å². The van der Waals surface area contributed by atoms with Crippen molar-refractivity contribution < 1.29 is 9.53 Å². The molecule has 0 saturated carbocycles. The molecule has 37 heavy (non-hydrogen) atoms. The van der Waals surface area contributed by atoms with Gasteiger partial charge in [0.2, 0.25) is 5.91 Å². The predicted molar refractivity (Wildman–Crippen MR) is 146 cm³/mol. The fraction of sp³-hybridized carbons (Fsp3) is 0.310. The highest BCUT2D eigenvalue weighted by molar-refractivity contribution is 5.98. The molecule has 1 saturated heterocycles. The first kappa shape index (κ1) is 24.5. The fourth-order valence-corrected chi connectivity index (χ4v) is 4.88. The maximum Gasteiger partial charge on any atom is 0.246 e. The summed E-state index contributed by atoms with van der Waals surface area (Å²) in [6.07, 6.45) is 14.4. The zero-order valence-electron chi connectivity index (χ0n) is 21.3. The van der Waals surface area contributed by atoms with Gasteiger partial charge in [-0.3, -0.25) is 4.79 Å². The highest BCUT2D eigenvalue weighted by Crippen LogP contribution is 2.34. The fourth-order valence-electron chi connectivity index (χ4n) is 4.88. The number of likely N-dealkylation sites (tertiary alicyclic amines) is 1. The van der Waals surface area contributed by atoms with Gasteiger partial charge in [0.05, 0.1) is 11.4 Å². The molecule has 3 heterocycles. The summed E-state index contributed by atoms with van der Waals surface area (Å²) in [7, 11) is 0. The van der Waals surface area contributed by atoms with Crippen molar-refractivity contribution in [3.8, 4) is 5.75 Å². The minimum Gasteiger partial charge on any atom is -0.462 e. The van der Waals surface area contributed by atoms with E-state index in [1.54, 1.807) is 12.2 Å². The summed E-state index contributed by atoms with van der Waals surface area (Å²) in [6.45, 7) is 5.33. The van der Waals surface area contributed by atoms with Crippen molar-refractivity contribution in [3.05, 3.63) is 84.1 Å². The number of rotatable bonds is 5. The Labute approximate surface area is 216 Å². The van der Waals surface area contributed by atoms with Gasteiger partial charge in [0.25, 0.3) is 0 Å². The number of carbonyl (C=O) groups excluding carboxylic acids is 1. The zero-order valence-corrected chi connectivity index (χ0v) is 21.3. The van der Waals surface area contributed by atoms with E-state index in [9.17, 15) is 4.79 Å². The Kier molecular flexibility index (Phi) is 7.16. The number of benzene rings is 1. The third-order valence-electron chi connectivity index (χ3n) is 6.83. The van der Waals surface area contributed by atoms with Crippen molar-refractivity contribution in [3.63, 3.8) is 0 Å². The van der Waals surface area contributed by atoms with Crippen LogP contribution in [0.3, 0.4) is 0 Å². The van der Waals surface area contributed by atoms with Gasteiger partial charge in [-0.2, -0.15) is 5.10 Å². The lowest BCUT2D eigenvalue weighted by Crippen LogP contribution is -2.38. The van der Waals surface area contributed by atoms with E-state index in [1.165, 1.54) is 11.9 Å². The number of hydrogen-bond donors (Lipinski definition) is 1. The largest absolute Gasteiger partial charge is 0.462 e. The molecule has 8 heteroatoms. The Balaban J connectivity index is 1.50. The van der Waals surface area contributed by atoms with E-state index in [2.05, 4.69) is 23.0 Å². The molecular weight excluding hydrogens is 464 g/mol. The van der Waals surface area contributed by atoms with Crippen LogP contribution < -0.4 is 10.5 Å². The van der Waals surface area contributed by atoms with E-state index >= 15 is 0 Å². The molecule has 1 fully saturated rings. The highest BCUT2D eigenvalue weighted by atomic mass is 16.5. The molecule has 0 spiro atoms. The Hall–Kier alpha value is -4.20. The molecule has 1 aliphatic carbocycles. The first-order valence-electron chi connectivity index (χ1n) is 12.7. The molecule has 190 valence electrons. The summed E-state index contributed by atoms with van der Waals surface area (Å²) in [5.41, 5.74) is 10.0. The molecule has 5 rings (SSSR count). The quantitative estimate of drug-likeness (QED) is 0.485. The van der Waals surface area contributed by atoms with Crippen LogP contribution in [0.1, 0.15) is 51.3 Å². The van der Waals surface area contributed by atoms with Gasteiger partial charge < -0.3 is 15.4 Å². The van der Waals surface area contributed by atoms with Gasteiger partial charge in [0.1, 0.15) is 29.3 Å². The molecule has 2 aromatic heterocycles. The number of nitrogen functional groups attached to an aromatic ring is 1. The van der Waals surface area contributed by atoms with Crippen LogP contribution in [0.2, 0.25) is 0 Å². The second-order valence-corrected chi connectivity index (χ2v) is 9.47. The van der Waals surface area contributed by atoms with Crippen LogP contribution in [0.5, 0.6) is 5.75 Å². The molecule has 1 amide bonds. The lowest BCUT2D eigenvalue weighted by atomic mass is 10.0. The number of para-hydroxylation sites is 1. The van der Waals surface area contributed by atoms with Crippen LogP contribution in [0.4, 0.5) is 5.82 Å². The van der Waals surface area contributed by atoms with Crippen molar-refractivity contribution >= 4 is 28.3 Å². The molecule has 2 aliphatic rings. The number of carbonyl (C=O) groups is 1. The first-order chi connectivity index (χ1) is 18.0. The monoisotopic (exact) mass is 496 g/mol. The summed E-state index contributed by atoms with van der Waals surface area (Å²) in [5, 5.41) is 5.81. The third kappa shape index (κ3) is 5.33. The van der Waals surface area contributed by atoms with Crippen LogP contribution in [0.15, 0.2) is 78.4 Å². The molecule has 0 atom stereocenters. The van der Waals surface area contributed by atoms with Gasteiger partial charge in [-0.25, -0.2) is 14.6 Å². The number of nitrogens with zero attached hydrogens (tertiary/aromatic N) is 5. The van der Waals surface area contributed by atoms with E-state index in [0.717, 1.165) is 59.5 Å². The Bertz CT molecular complexity index is 1410. The molecule has 0 unspecified atom stereocenters. The normalized spacial score (nSPS) is 17.2. The summed E-state index contributed by atoms with van der Waals surface area (Å²) in [6, 6.07) is 9.94. The van der Waals surface area contributed by atoms with Crippen molar-refractivity contribution in [2.45, 2.75) is 45.6 Å². The van der Waals surface area contributed by atoms with Crippen LogP contribution in [-0.4, -0.2) is 43.6 Å². The lowest BCUT2D eigenvalue weighted by Gasteiger charge is -2.31. The van der Waals surface area contributed by atoms with Crippen LogP contribution in [0.25, 0.3) is 16.6 Å². The average Bonchev–Trinajstić information content (AvgIpc) is 3.30. The molecule has 1 aliphatic heterocycles. The number of allylic oxidation sites excluding steroid dienone is 7. The zero-order chi connectivity index (χ0) is 25.8. The molecule has 0 bridgehead atoms. The van der Waals surface area contributed by atoms with E-state index in [-0.39, 0.29) is 11.9 Å². The lowest BCUT2D eigenvalue weighted by molar-refractivity contribution is -0.127. The van der Waals surface area contributed by atoms with Crippen LogP contribution >= 0.6 is 0 Å². The van der Waals surface area contributed by atoms with E-state index in [1.807, 2.05) is 59.0 Å². The Morgan fingerprint density at radius 3 is 2.65 bits per heavy atom. The SMILES string of the molecule is CC=CC(=O)N1CCC(n2nc(C3=CC=C(Oc4ccccc4)CCC(C)=C3)c3c(N)ncnc32)CC1. The second-order valence-electron chi connectivity index (χ2n) is 9.47. The maximum absolute atomic E-state index is 12.3. The molecule has 8 nitrogen and oxygen atoms in total. The minimum absolute atomic E-state index is 0.0548. The summed E-state index contributed by atoms with van der Waals surface area (Å²) >= 11 is 0. The number of piperidine rings is 1. The standard InChI is InChI=1S/C29H32N6O2/c1-3-7-25(36)34-16-14-22(15-17-34)35-29-26(28(30)31-19-32-29)27(33-35)21-11-13-24(12-10-20(2)18-21)37-23-8-5-4-6-9-23/h3-9,11,13,18-19,22H,10,12,14-17H2,1-2H3,(H2,30,31,32). The van der Waals surface area contributed by atoms with E-state index in [4.69, 9.17) is 15.6 Å². The topological polar surface area (TPSA) is 99.2 Å². The first-order valence-corrected chi connectivity index (χ1v) is 12.7. The van der Waals surface area contributed by atoms with Crippen molar-refractivity contribution in [1.82, 2.24) is 24.6 Å². The summed E-state index contributed by atoms with van der Waals surface area (Å²) < 4.78 is 8.14. The predicted octanol–water partition coefficient (Wildman–Crippen LogP) is 5.23. The molecular formula is C29H32N6O2. The molecule has 0 radical (unpaired) electrons. The number of aromatic nitrogens is 4. The van der Waals surface area contributed by atoms with Crippen molar-refractivity contribution in [1.29, 1.82) is 0 Å². The van der Waals surface area contributed by atoms with E-state index < -0.39 is 0 Å². The summed E-state index contributed by atoms with van der Waals surface area (Å²) in [4.78, 5) is 23.0. The van der Waals surface area contributed by atoms with Gasteiger partial charge in [-0.1, -0.05) is 35.9 Å². The van der Waals surface area contributed by atoms with Crippen molar-refractivity contribution in [2.24, 2.45) is 0 Å². The second kappa shape index (κ2) is 10.8. The number of hydrogen-bond acceptors (Lipinski definition) is 6. The number of amides is 1. The van der Waals surface area contributed by atoms with E-state index in [0.29, 0.717) is 18.9 Å². The Morgan fingerprint density at radius 2 is 1.89 bits per heavy atom.